The molecule has 0 rings (SSSR count). The number of hydrogen-bond acceptors (Lipinski definition) is 4. The van der Waals surface area contributed by atoms with E-state index in [1.807, 2.05) is 0 Å². The molecule has 56 valence electrons. The van der Waals surface area contributed by atoms with Crippen molar-refractivity contribution in [2.45, 2.75) is 0 Å². The Kier molecular flexibility index (Phi) is 2850. The summed E-state index contributed by atoms with van der Waals surface area (Å²) >= 11 is 0. The van der Waals surface area contributed by atoms with Crippen LogP contribution in [0.5, 0.6) is 0 Å². The van der Waals surface area contributed by atoms with Crippen LogP contribution in [0.25, 0.3) is 0 Å². The van der Waals surface area contributed by atoms with Crippen molar-refractivity contribution in [3.05, 3.63) is 26.3 Å². The van der Waals surface area contributed by atoms with Gasteiger partial charge in [-0.05, 0) is 0 Å². The van der Waals surface area contributed by atoms with Crippen molar-refractivity contribution in [2.24, 2.45) is 0 Å². The van der Waals surface area contributed by atoms with Gasteiger partial charge in [0.2, 0.25) is 0 Å². The largest absolute Gasteiger partial charge is 2.00 e. The van der Waals surface area contributed by atoms with Crippen LogP contribution in [0, 0.1) is 47.3 Å². The van der Waals surface area contributed by atoms with E-state index >= 15 is 0 Å². The van der Waals surface area contributed by atoms with Gasteiger partial charge in [0.1, 0.15) is 0 Å². The summed E-state index contributed by atoms with van der Waals surface area (Å²) in [5.74, 6) is 0. The van der Waals surface area contributed by atoms with Crippen molar-refractivity contribution < 1.29 is 129 Å². The molecule has 0 aromatic carbocycles. The zero-order valence-corrected chi connectivity index (χ0v) is 15.1. The smallest absolute Gasteiger partial charge is 0.512 e. The van der Waals surface area contributed by atoms with Crippen molar-refractivity contribution in [3.63, 3.8) is 0 Å². The number of nitrogens with zero attached hydrogens (tertiary/aromatic N) is 4. The maximum atomic E-state index is 6.25. The third-order valence-electron chi connectivity index (χ3n) is 0. The van der Waals surface area contributed by atoms with E-state index in [9.17, 15) is 0 Å². The molecular weight excluding hydrogens is 393 g/mol. The summed E-state index contributed by atoms with van der Waals surface area (Å²) in [6.45, 7) is 19.0. The van der Waals surface area contributed by atoms with Crippen LogP contribution in [-0.4, -0.2) is 5.48 Å². The summed E-state index contributed by atoms with van der Waals surface area (Å²) in [6, 6.07) is 0. The SMILES string of the molecule is O.[C-]#N.[C-]#N.[C-]#N.[C-]#N.[K+].[K+].[Pt+2]. The summed E-state index contributed by atoms with van der Waals surface area (Å²) in [5, 5.41) is 25.0. The van der Waals surface area contributed by atoms with Gasteiger partial charge < -0.3 is 52.8 Å². The minimum absolute atomic E-state index is 0. The topological polar surface area (TPSA) is 127 Å². The van der Waals surface area contributed by atoms with E-state index in [2.05, 4.69) is 0 Å². The van der Waals surface area contributed by atoms with Crippen LogP contribution < -0.4 is 103 Å². The van der Waals surface area contributed by atoms with Gasteiger partial charge in [-0.2, -0.15) is 0 Å². The van der Waals surface area contributed by atoms with Gasteiger partial charge in [-0.15, -0.1) is 0 Å². The second-order valence-corrected chi connectivity index (χ2v) is 0. The molecule has 0 unspecified atom stereocenters. The molecule has 0 aromatic heterocycles. The molecule has 0 atom stereocenters. The second kappa shape index (κ2) is 514. The molecule has 0 bridgehead atoms. The van der Waals surface area contributed by atoms with E-state index in [1.54, 1.807) is 0 Å². The Morgan fingerprint density at radius 1 is 0.500 bits per heavy atom. The zero-order valence-electron chi connectivity index (χ0n) is 6.61. The van der Waals surface area contributed by atoms with E-state index in [4.69, 9.17) is 47.3 Å². The van der Waals surface area contributed by atoms with E-state index in [-0.39, 0.29) is 129 Å². The summed E-state index contributed by atoms with van der Waals surface area (Å²) in [4.78, 5) is 0. The Bertz CT molecular complexity index is 68.0. The summed E-state index contributed by atoms with van der Waals surface area (Å²) < 4.78 is 0. The van der Waals surface area contributed by atoms with E-state index in [0.717, 1.165) is 0 Å². The van der Waals surface area contributed by atoms with Gasteiger partial charge in [-0.1, -0.05) is 0 Å². The minimum Gasteiger partial charge on any atom is -0.512 e. The molecular formula is C4H2K2N4OPt. The van der Waals surface area contributed by atoms with Crippen LogP contribution in [0.2, 0.25) is 0 Å². The maximum absolute atomic E-state index is 6.25. The molecule has 8 heteroatoms. The molecule has 0 aliphatic rings. The monoisotopic (exact) mass is 395 g/mol. The minimum atomic E-state index is 0. The van der Waals surface area contributed by atoms with Crippen LogP contribution in [0.3, 0.4) is 0 Å². The Morgan fingerprint density at radius 2 is 0.500 bits per heavy atom. The van der Waals surface area contributed by atoms with Crippen molar-refractivity contribution >= 4 is 0 Å². The van der Waals surface area contributed by atoms with Crippen LogP contribution >= 0.6 is 0 Å². The molecule has 0 radical (unpaired) electrons. The summed E-state index contributed by atoms with van der Waals surface area (Å²) in [5.41, 5.74) is 0. The van der Waals surface area contributed by atoms with Crippen LogP contribution in [0.15, 0.2) is 0 Å². The Morgan fingerprint density at radius 3 is 0.500 bits per heavy atom. The first-order valence-electron chi connectivity index (χ1n) is 0.894. The van der Waals surface area contributed by atoms with Crippen molar-refractivity contribution in [1.29, 1.82) is 21.0 Å². The van der Waals surface area contributed by atoms with Crippen LogP contribution in [-0.2, 0) is 21.1 Å². The number of rotatable bonds is 0. The fourth-order valence-corrected chi connectivity index (χ4v) is 0. The molecule has 0 aromatic rings. The predicted molar refractivity (Wildman–Crippen MR) is 23.5 cm³/mol. The quantitative estimate of drug-likeness (QED) is 0.299. The molecule has 0 fully saturated rings. The molecule has 2 N–H and O–H groups in total. The molecule has 5 nitrogen and oxygen atoms in total. The molecule has 0 heterocycles. The molecule has 12 heavy (non-hydrogen) atoms. The van der Waals surface area contributed by atoms with Gasteiger partial charge in [-0.3, -0.25) is 0 Å². The van der Waals surface area contributed by atoms with Crippen LogP contribution in [0.4, 0.5) is 0 Å². The second-order valence-electron chi connectivity index (χ2n) is 0. The van der Waals surface area contributed by atoms with E-state index in [1.165, 1.54) is 0 Å². The fraction of sp³-hybridized carbons (Fsp3) is 0. The standard InChI is InChI=1S/4CN.2K.H2O.Pt/c4*1-2;;;;/h;;;;;;1H2;/q4*-1;2*+1;;+2. The van der Waals surface area contributed by atoms with Crippen molar-refractivity contribution in [2.75, 3.05) is 0 Å². The number of hydrogen-bond donors (Lipinski definition) is 0. The molecule has 0 spiro atoms. The fourth-order valence-electron chi connectivity index (χ4n) is 0. The first-order valence-corrected chi connectivity index (χ1v) is 0.894. The molecule has 0 amide bonds. The first-order chi connectivity index (χ1) is 4.00. The average Bonchev–Trinajstić information content (AvgIpc) is 2.03. The normalized spacial score (nSPS) is 0.667. The maximum Gasteiger partial charge on any atom is 2.00 e. The Balaban J connectivity index is -0.00000000267. The van der Waals surface area contributed by atoms with Gasteiger partial charge in [0.05, 0.1) is 0 Å². The zero-order chi connectivity index (χ0) is 8.00. The van der Waals surface area contributed by atoms with Crippen molar-refractivity contribution in [3.8, 4) is 0 Å². The molecule has 0 saturated heterocycles. The van der Waals surface area contributed by atoms with Gasteiger partial charge in [-0.25, -0.2) is 0 Å². The van der Waals surface area contributed by atoms with Crippen molar-refractivity contribution in [1.82, 2.24) is 0 Å². The van der Waals surface area contributed by atoms with E-state index in [0.29, 0.717) is 0 Å². The average molecular weight is 395 g/mol. The van der Waals surface area contributed by atoms with Gasteiger partial charge in [0.15, 0.2) is 0 Å². The van der Waals surface area contributed by atoms with Gasteiger partial charge in [0, 0.05) is 0 Å². The third-order valence-corrected chi connectivity index (χ3v) is 0. The molecule has 0 aliphatic heterocycles. The van der Waals surface area contributed by atoms with Gasteiger partial charge in [0.25, 0.3) is 0 Å². The third kappa shape index (κ3) is 398. The predicted octanol–water partition coefficient (Wildman–Crippen LogP) is -6.43. The Labute approximate surface area is 172 Å². The first kappa shape index (κ1) is 66.6. The van der Waals surface area contributed by atoms with E-state index < -0.39 is 0 Å². The molecule has 0 aliphatic carbocycles. The summed E-state index contributed by atoms with van der Waals surface area (Å²) in [6.07, 6.45) is 0. The summed E-state index contributed by atoms with van der Waals surface area (Å²) in [7, 11) is 0. The molecule has 0 saturated carbocycles. The van der Waals surface area contributed by atoms with Crippen LogP contribution in [0.1, 0.15) is 0 Å². The Hall–Kier alpha value is 1.88. The van der Waals surface area contributed by atoms with Gasteiger partial charge >= 0.3 is 124 Å².